The Morgan fingerprint density at radius 3 is 1.87 bits per heavy atom. The molecule has 2 aliphatic rings. The van der Waals surface area contributed by atoms with E-state index in [1.54, 1.807) is 0 Å². The van der Waals surface area contributed by atoms with Crippen LogP contribution in [-0.2, 0) is 14.9 Å². The van der Waals surface area contributed by atoms with Crippen LogP contribution in [0.5, 0.6) is 5.75 Å². The maximum Gasteiger partial charge on any atom is 0.265 e. The lowest BCUT2D eigenvalue weighted by molar-refractivity contribution is -0.128. The average Bonchev–Trinajstić information content (AvgIpc) is 3.25. The van der Waals surface area contributed by atoms with Gasteiger partial charge in [0.1, 0.15) is 11.5 Å². The molecular formula is C32H39O5PS. The second-order valence-corrected chi connectivity index (χ2v) is 14.8. The van der Waals surface area contributed by atoms with E-state index in [1.807, 2.05) is 13.8 Å². The fourth-order valence-electron chi connectivity index (χ4n) is 6.05. The van der Waals surface area contributed by atoms with Gasteiger partial charge in [0.2, 0.25) is 0 Å². The van der Waals surface area contributed by atoms with Crippen molar-refractivity contribution in [3.63, 3.8) is 0 Å². The molecule has 2 saturated carbocycles. The van der Waals surface area contributed by atoms with Gasteiger partial charge in [-0.05, 0) is 66.6 Å². The molecule has 7 heteroatoms. The van der Waals surface area contributed by atoms with Crippen molar-refractivity contribution in [2.24, 2.45) is 16.7 Å². The lowest BCUT2D eigenvalue weighted by Gasteiger charge is -2.35. The van der Waals surface area contributed by atoms with Crippen molar-refractivity contribution in [2.45, 2.75) is 52.9 Å². The first-order valence-corrected chi connectivity index (χ1v) is 16.6. The number of rotatable bonds is 9. The molecule has 3 aromatic rings. The van der Waals surface area contributed by atoms with E-state index in [1.165, 1.54) is 15.9 Å². The van der Waals surface area contributed by atoms with E-state index in [4.69, 9.17) is 9.29 Å². The Bertz CT molecular complexity index is 1300. The summed E-state index contributed by atoms with van der Waals surface area (Å²) < 4.78 is 36.8. The molecule has 2 atom stereocenters. The third-order valence-electron chi connectivity index (χ3n) is 8.46. The Labute approximate surface area is 234 Å². The van der Waals surface area contributed by atoms with Crippen molar-refractivity contribution in [1.29, 1.82) is 0 Å². The number of ether oxygens (including phenoxy) is 1. The summed E-state index contributed by atoms with van der Waals surface area (Å²) >= 11 is 0. The molecule has 2 bridgehead atoms. The van der Waals surface area contributed by atoms with E-state index < -0.39 is 29.2 Å². The number of carbonyl (C=O) groups is 1. The quantitative estimate of drug-likeness (QED) is 0.198. The van der Waals surface area contributed by atoms with Crippen molar-refractivity contribution < 1.29 is 22.5 Å². The number of Topliss-reactive ketones (excluding diaryl/α,β-unsaturated/α-hetero) is 1. The van der Waals surface area contributed by atoms with E-state index in [9.17, 15) is 13.2 Å². The van der Waals surface area contributed by atoms with Crippen LogP contribution in [0, 0.1) is 16.7 Å². The van der Waals surface area contributed by atoms with E-state index in [0.29, 0.717) is 12.8 Å². The van der Waals surface area contributed by atoms with Gasteiger partial charge in [-0.15, -0.1) is 0 Å². The molecule has 0 aliphatic heterocycles. The minimum atomic E-state index is -4.08. The fraction of sp³-hybridized carbons (Fsp3) is 0.406. The lowest BCUT2D eigenvalue weighted by atomic mass is 9.70. The summed E-state index contributed by atoms with van der Waals surface area (Å²) in [6.45, 7) is 6.86. The largest absolute Gasteiger partial charge is 0.494 e. The van der Waals surface area contributed by atoms with E-state index >= 15 is 0 Å². The Hall–Kier alpha value is -2.53. The van der Waals surface area contributed by atoms with Crippen LogP contribution in [0.3, 0.4) is 0 Å². The van der Waals surface area contributed by atoms with Crippen LogP contribution in [0.4, 0.5) is 0 Å². The number of benzene rings is 3. The monoisotopic (exact) mass is 566 g/mol. The zero-order valence-corrected chi connectivity index (χ0v) is 24.8. The number of hydrogen-bond acceptors (Lipinski definition) is 4. The van der Waals surface area contributed by atoms with Gasteiger partial charge in [0.05, 0.1) is 17.8 Å². The number of hydrogen-bond donors (Lipinski definition) is 1. The highest BCUT2D eigenvalue weighted by Gasteiger charge is 2.65. The highest BCUT2D eigenvalue weighted by atomic mass is 32.2. The normalized spacial score (nSPS) is 21.5. The fourth-order valence-corrected chi connectivity index (χ4v) is 9.63. The van der Waals surface area contributed by atoms with Crippen LogP contribution in [0.1, 0.15) is 52.9 Å². The van der Waals surface area contributed by atoms with E-state index in [2.05, 4.69) is 91.9 Å². The summed E-state index contributed by atoms with van der Waals surface area (Å²) in [4.78, 5) is 11.9. The third kappa shape index (κ3) is 6.62. The van der Waals surface area contributed by atoms with Crippen LogP contribution in [0.2, 0.25) is 0 Å². The molecular weight excluding hydrogens is 527 g/mol. The predicted octanol–water partition coefficient (Wildman–Crippen LogP) is 5.89. The van der Waals surface area contributed by atoms with Crippen LogP contribution in [0.15, 0.2) is 84.9 Å². The molecule has 1 N–H and O–H groups in total. The predicted molar refractivity (Wildman–Crippen MR) is 161 cm³/mol. The molecule has 208 valence electrons. The zero-order valence-electron chi connectivity index (χ0n) is 23.0. The molecule has 5 nitrogen and oxygen atoms in total. The molecule has 0 heterocycles. The number of unbranched alkanes of at least 4 members (excludes halogenated alkanes) is 1. The number of carbonyl (C=O) groups excluding carboxylic acids is 1. The molecule has 2 fully saturated rings. The molecule has 2 aliphatic carbocycles. The molecule has 3 aromatic carbocycles. The molecule has 0 amide bonds. The van der Waals surface area contributed by atoms with Crippen LogP contribution < -0.4 is 20.7 Å². The Balaban J connectivity index is 0.000000202. The molecule has 5 rings (SSSR count). The first-order chi connectivity index (χ1) is 18.6. The van der Waals surface area contributed by atoms with Crippen LogP contribution in [-0.4, -0.2) is 31.1 Å². The van der Waals surface area contributed by atoms with Crippen molar-refractivity contribution in [3.8, 4) is 5.75 Å². The zero-order chi connectivity index (χ0) is 28.1. The highest BCUT2D eigenvalue weighted by Crippen LogP contribution is 2.64. The molecule has 0 saturated heterocycles. The van der Waals surface area contributed by atoms with Gasteiger partial charge in [-0.2, -0.15) is 8.42 Å². The minimum absolute atomic E-state index is 0.0152. The Kier molecular flexibility index (Phi) is 9.31. The van der Waals surface area contributed by atoms with E-state index in [0.717, 1.165) is 31.6 Å². The summed E-state index contributed by atoms with van der Waals surface area (Å²) in [6, 6.07) is 30.2. The highest BCUT2D eigenvalue weighted by molar-refractivity contribution is 7.85. The summed E-state index contributed by atoms with van der Waals surface area (Å²) in [5, 5.41) is 4.10. The van der Waals surface area contributed by atoms with Gasteiger partial charge < -0.3 is 4.74 Å². The van der Waals surface area contributed by atoms with Gasteiger partial charge in [0.15, 0.2) is 0 Å². The summed E-state index contributed by atoms with van der Waals surface area (Å²) in [5.41, 5.74) is -1.12. The Morgan fingerprint density at radius 1 is 0.897 bits per heavy atom. The van der Waals surface area contributed by atoms with Crippen molar-refractivity contribution in [2.75, 3.05) is 12.4 Å². The average molecular weight is 567 g/mol. The first kappa shape index (κ1) is 29.5. The third-order valence-corrected chi connectivity index (χ3v) is 11.8. The van der Waals surface area contributed by atoms with Gasteiger partial charge in [0.25, 0.3) is 10.1 Å². The maximum atomic E-state index is 11.9. The van der Waals surface area contributed by atoms with Gasteiger partial charge in [-0.1, -0.05) is 100.0 Å². The summed E-state index contributed by atoms with van der Waals surface area (Å²) in [6.07, 6.45) is 4.23. The first-order valence-electron chi connectivity index (χ1n) is 13.7. The van der Waals surface area contributed by atoms with E-state index in [-0.39, 0.29) is 17.1 Å². The van der Waals surface area contributed by atoms with Gasteiger partial charge in [-0.25, -0.2) is 0 Å². The molecule has 0 aromatic heterocycles. The van der Waals surface area contributed by atoms with Crippen molar-refractivity contribution in [1.82, 2.24) is 0 Å². The van der Waals surface area contributed by atoms with Crippen molar-refractivity contribution in [3.05, 3.63) is 84.9 Å². The smallest absolute Gasteiger partial charge is 0.265 e. The van der Waals surface area contributed by atoms with Gasteiger partial charge >= 0.3 is 0 Å². The molecule has 39 heavy (non-hydrogen) atoms. The van der Waals surface area contributed by atoms with Crippen LogP contribution in [0.25, 0.3) is 0 Å². The minimum Gasteiger partial charge on any atom is -0.494 e. The molecule has 2 unspecified atom stereocenters. The van der Waals surface area contributed by atoms with Gasteiger partial charge in [0, 0.05) is 6.42 Å². The summed E-state index contributed by atoms with van der Waals surface area (Å²) in [5.74, 6) is 0.860. The lowest BCUT2D eigenvalue weighted by Crippen LogP contribution is -2.42. The van der Waals surface area contributed by atoms with Crippen LogP contribution >= 0.6 is 7.92 Å². The number of ketones is 1. The standard InChI is InChI=1S/C22H23OP.C10H16O4S/c1-2-3-18-23-19-14-16-22(17-15-19)24(20-10-6-4-7-11-20)21-12-8-5-9-13-21;1-9(2)7-3-4-10(9,8(11)5-7)6-15(12,13)14/h4-17H,2-3,18H2,1H3;7H,3-6H2,1-2H3,(H,12,13,14). The maximum absolute atomic E-state index is 11.9. The molecule has 0 spiro atoms. The number of fused-ring (bicyclic) bond motifs is 2. The Morgan fingerprint density at radius 2 is 1.44 bits per heavy atom. The second-order valence-electron chi connectivity index (χ2n) is 11.1. The second kappa shape index (κ2) is 12.3. The molecule has 0 radical (unpaired) electrons. The van der Waals surface area contributed by atoms with Gasteiger partial charge in [-0.3, -0.25) is 9.35 Å². The van der Waals surface area contributed by atoms with Crippen molar-refractivity contribution >= 4 is 39.7 Å². The topological polar surface area (TPSA) is 80.7 Å². The summed E-state index contributed by atoms with van der Waals surface area (Å²) in [7, 11) is -4.61. The SMILES string of the molecule is CC1(C)C2CCC1(CS(=O)(=O)O)C(=O)C2.CCCCOc1ccc(P(c2ccccc2)c2ccccc2)cc1.